The first-order valence-corrected chi connectivity index (χ1v) is 13.0. The van der Waals surface area contributed by atoms with Crippen LogP contribution >= 0.6 is 11.6 Å². The highest BCUT2D eigenvalue weighted by Gasteiger charge is 2.29. The van der Waals surface area contributed by atoms with Crippen LogP contribution < -0.4 is 15.5 Å². The van der Waals surface area contributed by atoms with Crippen molar-refractivity contribution in [2.45, 2.75) is 19.8 Å². The first-order valence-electron chi connectivity index (χ1n) is 12.6. The van der Waals surface area contributed by atoms with Crippen molar-refractivity contribution in [3.63, 3.8) is 0 Å². The quantitative estimate of drug-likeness (QED) is 0.302. The lowest BCUT2D eigenvalue weighted by Gasteiger charge is -2.23. The van der Waals surface area contributed by atoms with E-state index in [1.54, 1.807) is 48.2 Å². The Morgan fingerprint density at radius 1 is 1.00 bits per heavy atom. The molecule has 39 heavy (non-hydrogen) atoms. The molecule has 0 spiro atoms. The number of rotatable bonds is 10. The van der Waals surface area contributed by atoms with E-state index in [0.29, 0.717) is 50.9 Å². The number of carboxylic acids is 1. The molecule has 0 radical (unpaired) electrons. The van der Waals surface area contributed by atoms with E-state index in [9.17, 15) is 19.5 Å². The zero-order chi connectivity index (χ0) is 28.1. The van der Waals surface area contributed by atoms with Crippen molar-refractivity contribution in [3.05, 3.63) is 88.4 Å². The van der Waals surface area contributed by atoms with Gasteiger partial charge in [0.15, 0.2) is 0 Å². The van der Waals surface area contributed by atoms with E-state index in [4.69, 9.17) is 11.6 Å². The third-order valence-corrected chi connectivity index (χ3v) is 6.60. The monoisotopic (exact) mass is 546 g/mol. The third kappa shape index (κ3) is 6.85. The first-order chi connectivity index (χ1) is 18.6. The van der Waals surface area contributed by atoms with Crippen LogP contribution in [-0.2, 0) is 20.8 Å². The van der Waals surface area contributed by atoms with E-state index in [0.717, 1.165) is 18.7 Å². The molecule has 0 atom stereocenters. The van der Waals surface area contributed by atoms with Gasteiger partial charge in [-0.3, -0.25) is 14.4 Å². The second-order valence-electron chi connectivity index (χ2n) is 9.66. The van der Waals surface area contributed by atoms with Gasteiger partial charge >= 0.3 is 5.97 Å². The Kier molecular flexibility index (Phi) is 8.69. The fourth-order valence-electron chi connectivity index (χ4n) is 4.57. The summed E-state index contributed by atoms with van der Waals surface area (Å²) in [4.78, 5) is 40.7. The molecule has 3 aromatic rings. The number of carbonyl (C=O) groups excluding carboxylic acids is 2. The molecule has 3 aromatic carbocycles. The number of nitrogens with one attached hydrogen (secondary N) is 2. The Hall–Kier alpha value is -4.14. The Morgan fingerprint density at radius 2 is 1.74 bits per heavy atom. The smallest absolute Gasteiger partial charge is 0.307 e. The average molecular weight is 547 g/mol. The summed E-state index contributed by atoms with van der Waals surface area (Å²) in [6.45, 7) is 3.03. The molecule has 2 amide bonds. The van der Waals surface area contributed by atoms with Crippen molar-refractivity contribution in [1.29, 1.82) is 0 Å². The highest BCUT2D eigenvalue weighted by atomic mass is 35.5. The molecule has 0 saturated heterocycles. The molecule has 1 aliphatic heterocycles. The van der Waals surface area contributed by atoms with Crippen LogP contribution in [0, 0.1) is 0 Å². The number of carbonyl (C=O) groups is 3. The van der Waals surface area contributed by atoms with Gasteiger partial charge in [0.05, 0.1) is 23.4 Å². The van der Waals surface area contributed by atoms with Gasteiger partial charge < -0.3 is 25.5 Å². The lowest BCUT2D eigenvalue weighted by atomic mass is 9.98. The number of aliphatic carboxylic acids is 1. The maximum atomic E-state index is 13.2. The zero-order valence-electron chi connectivity index (χ0n) is 22.1. The van der Waals surface area contributed by atoms with E-state index in [1.165, 1.54) is 0 Å². The minimum absolute atomic E-state index is 0.0367. The molecule has 0 unspecified atom stereocenters. The van der Waals surface area contributed by atoms with Crippen molar-refractivity contribution in [3.8, 4) is 0 Å². The molecule has 4 rings (SSSR count). The normalized spacial score (nSPS) is 13.6. The number of hydrogen-bond donors (Lipinski definition) is 3. The Morgan fingerprint density at radius 3 is 2.41 bits per heavy atom. The molecule has 0 aliphatic carbocycles. The first kappa shape index (κ1) is 27.9. The van der Waals surface area contributed by atoms with E-state index in [2.05, 4.69) is 15.5 Å². The number of benzene rings is 3. The number of hydrogen-bond acceptors (Lipinski definition) is 5. The molecule has 0 aromatic heterocycles. The van der Waals surface area contributed by atoms with Crippen LogP contribution in [0.1, 0.15) is 30.0 Å². The van der Waals surface area contributed by atoms with Crippen LogP contribution in [0.5, 0.6) is 0 Å². The Bertz CT molecular complexity index is 1430. The molecule has 202 valence electrons. The summed E-state index contributed by atoms with van der Waals surface area (Å²) >= 11 is 6.16. The SMILES string of the molecule is CC(=O)N(CCCN(C)C)c1ccc(N/C(=C2\C(=O)Nc3cc(Cl)ccc32)c2cccc(CC(=O)O)c2)cc1. The number of fused-ring (bicyclic) bond motifs is 1. The van der Waals surface area contributed by atoms with Crippen molar-refractivity contribution >= 4 is 57.7 Å². The van der Waals surface area contributed by atoms with Crippen LogP contribution in [0.15, 0.2) is 66.7 Å². The summed E-state index contributed by atoms with van der Waals surface area (Å²) in [5.41, 5.74) is 5.01. The minimum atomic E-state index is -0.941. The summed E-state index contributed by atoms with van der Waals surface area (Å²) in [6.07, 6.45) is 0.701. The van der Waals surface area contributed by atoms with Gasteiger partial charge in [-0.1, -0.05) is 35.9 Å². The lowest BCUT2D eigenvalue weighted by Crippen LogP contribution is -2.31. The lowest BCUT2D eigenvalue weighted by molar-refractivity contribution is -0.136. The number of amides is 2. The van der Waals surface area contributed by atoms with Gasteiger partial charge in [0.1, 0.15) is 0 Å². The fraction of sp³-hybridized carbons (Fsp3) is 0.233. The average Bonchev–Trinajstić information content (AvgIpc) is 3.19. The maximum Gasteiger partial charge on any atom is 0.307 e. The standard InChI is InChI=1S/C30H31ClN4O4/c1-19(36)35(15-5-14-34(2)3)24-11-9-23(10-12-24)32-29(21-7-4-6-20(16-21)17-27(37)38)28-25-13-8-22(31)18-26(25)33-30(28)39/h4,6-13,16,18,32H,5,14-15,17H2,1-3H3,(H,33,39)(H,37,38)/b29-28-. The molecule has 0 fully saturated rings. The second-order valence-corrected chi connectivity index (χ2v) is 10.1. The van der Waals surface area contributed by atoms with Crippen molar-refractivity contribution in [2.24, 2.45) is 0 Å². The molecule has 0 saturated carbocycles. The van der Waals surface area contributed by atoms with E-state index >= 15 is 0 Å². The molecule has 3 N–H and O–H groups in total. The summed E-state index contributed by atoms with van der Waals surface area (Å²) in [5, 5.41) is 16.1. The van der Waals surface area contributed by atoms with Crippen LogP contribution in [-0.4, -0.2) is 55.0 Å². The fourth-order valence-corrected chi connectivity index (χ4v) is 4.74. The number of nitrogens with zero attached hydrogens (tertiary/aromatic N) is 2. The van der Waals surface area contributed by atoms with Crippen LogP contribution in [0.2, 0.25) is 5.02 Å². The molecule has 0 bridgehead atoms. The number of halogens is 1. The maximum absolute atomic E-state index is 13.2. The number of carboxylic acid groups (broad SMARTS) is 1. The van der Waals surface area contributed by atoms with Crippen LogP contribution in [0.25, 0.3) is 11.3 Å². The van der Waals surface area contributed by atoms with Gasteiger partial charge in [0, 0.05) is 35.4 Å². The summed E-state index contributed by atoms with van der Waals surface area (Å²) < 4.78 is 0. The second kappa shape index (κ2) is 12.1. The molecular formula is C30H31ClN4O4. The summed E-state index contributed by atoms with van der Waals surface area (Å²) in [5.74, 6) is -1.27. The van der Waals surface area contributed by atoms with Crippen molar-refractivity contribution in [1.82, 2.24) is 4.90 Å². The number of anilines is 3. The van der Waals surface area contributed by atoms with E-state index in [1.807, 2.05) is 44.4 Å². The zero-order valence-corrected chi connectivity index (χ0v) is 22.9. The topological polar surface area (TPSA) is 102 Å². The van der Waals surface area contributed by atoms with Gasteiger partial charge in [-0.15, -0.1) is 0 Å². The van der Waals surface area contributed by atoms with Gasteiger partial charge in [-0.05, 0) is 80.7 Å². The van der Waals surface area contributed by atoms with Gasteiger partial charge in [0.2, 0.25) is 5.91 Å². The Balaban J connectivity index is 1.72. The minimum Gasteiger partial charge on any atom is -0.481 e. The molecule has 1 heterocycles. The predicted octanol–water partition coefficient (Wildman–Crippen LogP) is 5.20. The third-order valence-electron chi connectivity index (χ3n) is 6.36. The van der Waals surface area contributed by atoms with Gasteiger partial charge in [-0.25, -0.2) is 0 Å². The predicted molar refractivity (Wildman–Crippen MR) is 156 cm³/mol. The van der Waals surface area contributed by atoms with Gasteiger partial charge in [-0.2, -0.15) is 0 Å². The van der Waals surface area contributed by atoms with Crippen LogP contribution in [0.4, 0.5) is 17.1 Å². The Labute approximate surface area is 232 Å². The highest BCUT2D eigenvalue weighted by Crippen LogP contribution is 2.39. The highest BCUT2D eigenvalue weighted by molar-refractivity contribution is 6.38. The van der Waals surface area contributed by atoms with E-state index in [-0.39, 0.29) is 18.2 Å². The summed E-state index contributed by atoms with van der Waals surface area (Å²) in [7, 11) is 4.00. The van der Waals surface area contributed by atoms with Gasteiger partial charge in [0.25, 0.3) is 5.91 Å². The van der Waals surface area contributed by atoms with Crippen molar-refractivity contribution in [2.75, 3.05) is 42.7 Å². The van der Waals surface area contributed by atoms with Crippen LogP contribution in [0.3, 0.4) is 0 Å². The van der Waals surface area contributed by atoms with E-state index < -0.39 is 5.97 Å². The largest absolute Gasteiger partial charge is 0.481 e. The molecule has 8 nitrogen and oxygen atoms in total. The molecule has 1 aliphatic rings. The summed E-state index contributed by atoms with van der Waals surface area (Å²) in [6, 6.07) is 19.8. The van der Waals surface area contributed by atoms with Crippen molar-refractivity contribution < 1.29 is 19.5 Å². The molecular weight excluding hydrogens is 516 g/mol. The molecule has 9 heteroatoms.